The van der Waals surface area contributed by atoms with Gasteiger partial charge in [0.1, 0.15) is 18.3 Å². The quantitative estimate of drug-likeness (QED) is 0.403. The third kappa shape index (κ3) is 5.03. The molecule has 0 spiro atoms. The lowest BCUT2D eigenvalue weighted by Gasteiger charge is -2.28. The maximum Gasteiger partial charge on any atom is 0.133 e. The molecule has 1 aromatic rings. The van der Waals surface area contributed by atoms with E-state index >= 15 is 0 Å². The molecule has 3 unspecified atom stereocenters. The van der Waals surface area contributed by atoms with Gasteiger partial charge in [0.2, 0.25) is 0 Å². The molecule has 0 amide bonds. The van der Waals surface area contributed by atoms with Gasteiger partial charge in [-0.05, 0) is 55.9 Å². The molecule has 3 atom stereocenters. The van der Waals surface area contributed by atoms with E-state index in [-0.39, 0.29) is 0 Å². The molecule has 1 saturated heterocycles. The molecule has 1 fully saturated rings. The molecule has 5 nitrogen and oxygen atoms in total. The van der Waals surface area contributed by atoms with Gasteiger partial charge in [-0.15, -0.1) is 0 Å². The minimum atomic E-state index is -0.532. The highest BCUT2D eigenvalue weighted by molar-refractivity contribution is 5.52. The zero-order valence-electron chi connectivity index (χ0n) is 17.0. The van der Waals surface area contributed by atoms with E-state index in [0.717, 1.165) is 51.0 Å². The number of nitrogens with zero attached hydrogens (tertiary/aromatic N) is 2. The average Bonchev–Trinajstić information content (AvgIpc) is 3.31. The molecule has 2 aliphatic rings. The fourth-order valence-electron chi connectivity index (χ4n) is 4.26. The van der Waals surface area contributed by atoms with Gasteiger partial charge in [-0.25, -0.2) is 0 Å². The Bertz CT molecular complexity index is 714. The molecule has 2 aliphatic heterocycles. The van der Waals surface area contributed by atoms with E-state index in [1.54, 1.807) is 6.92 Å². The summed E-state index contributed by atoms with van der Waals surface area (Å²) in [4.78, 5) is 15.4. The van der Waals surface area contributed by atoms with Crippen molar-refractivity contribution in [3.63, 3.8) is 0 Å². The zero-order chi connectivity index (χ0) is 19.9. The Labute approximate surface area is 168 Å². The van der Waals surface area contributed by atoms with Gasteiger partial charge < -0.3 is 19.5 Å². The Morgan fingerprint density at radius 3 is 3.00 bits per heavy atom. The smallest absolute Gasteiger partial charge is 0.133 e. The summed E-state index contributed by atoms with van der Waals surface area (Å²) < 4.78 is 5.63. The van der Waals surface area contributed by atoms with Crippen LogP contribution >= 0.6 is 0 Å². The molecule has 0 aromatic heterocycles. The number of carbonyl (C=O) groups excluding carboxylic acids is 1. The van der Waals surface area contributed by atoms with Crippen molar-refractivity contribution in [1.82, 2.24) is 9.80 Å². The van der Waals surface area contributed by atoms with Crippen molar-refractivity contribution in [3.05, 3.63) is 53.8 Å². The van der Waals surface area contributed by atoms with Gasteiger partial charge in [-0.1, -0.05) is 24.3 Å². The number of rotatable bonds is 9. The number of hydrogen-bond donors (Lipinski definition) is 1. The molecule has 2 heterocycles. The second-order valence-corrected chi connectivity index (χ2v) is 7.70. The zero-order valence-corrected chi connectivity index (χ0v) is 17.0. The molecule has 1 N–H and O–H groups in total. The van der Waals surface area contributed by atoms with E-state index in [1.165, 1.54) is 11.1 Å². The summed E-state index contributed by atoms with van der Waals surface area (Å²) in [6, 6.07) is 6.90. The molecular weight excluding hydrogens is 352 g/mol. The van der Waals surface area contributed by atoms with Crippen LogP contribution in [0, 0.1) is 0 Å². The van der Waals surface area contributed by atoms with Gasteiger partial charge >= 0.3 is 0 Å². The summed E-state index contributed by atoms with van der Waals surface area (Å²) in [6.07, 6.45) is 11.2. The van der Waals surface area contributed by atoms with Crippen LogP contribution in [0.4, 0.5) is 0 Å². The molecule has 0 bridgehead atoms. The number of likely N-dealkylation sites (tertiary alicyclic amines) is 1. The minimum absolute atomic E-state index is 0.344. The Morgan fingerprint density at radius 1 is 1.39 bits per heavy atom. The topological polar surface area (TPSA) is 53.0 Å². The normalized spacial score (nSPS) is 23.2. The Kier molecular flexibility index (Phi) is 7.29. The van der Waals surface area contributed by atoms with Crippen molar-refractivity contribution in [3.8, 4) is 5.75 Å². The van der Waals surface area contributed by atoms with Crippen molar-refractivity contribution in [2.75, 3.05) is 26.2 Å². The van der Waals surface area contributed by atoms with E-state index in [2.05, 4.69) is 23.1 Å². The van der Waals surface area contributed by atoms with Crippen LogP contribution in [0.15, 0.2) is 42.6 Å². The fourth-order valence-corrected chi connectivity index (χ4v) is 4.26. The predicted octanol–water partition coefficient (Wildman–Crippen LogP) is 3.10. The van der Waals surface area contributed by atoms with Gasteiger partial charge in [-0.3, -0.25) is 4.90 Å². The van der Waals surface area contributed by atoms with Crippen LogP contribution in [0.1, 0.15) is 43.7 Å². The average molecular weight is 385 g/mol. The van der Waals surface area contributed by atoms with E-state index in [1.807, 2.05) is 36.3 Å². The predicted molar refractivity (Wildman–Crippen MR) is 111 cm³/mol. The minimum Gasteiger partial charge on any atom is -0.493 e. The highest BCUT2D eigenvalue weighted by atomic mass is 16.5. The van der Waals surface area contributed by atoms with Crippen LogP contribution in [0.25, 0.3) is 0 Å². The van der Waals surface area contributed by atoms with Crippen LogP contribution in [0.5, 0.6) is 5.75 Å². The third-order valence-corrected chi connectivity index (χ3v) is 5.80. The highest BCUT2D eigenvalue weighted by Gasteiger charge is 2.33. The molecule has 28 heavy (non-hydrogen) atoms. The molecular formula is C23H32N2O3. The summed E-state index contributed by atoms with van der Waals surface area (Å²) in [6.45, 7) is 6.67. The second kappa shape index (κ2) is 9.89. The van der Waals surface area contributed by atoms with Crippen molar-refractivity contribution < 1.29 is 14.6 Å². The fraction of sp³-hybridized carbons (Fsp3) is 0.522. The van der Waals surface area contributed by atoms with Crippen LogP contribution < -0.4 is 4.74 Å². The van der Waals surface area contributed by atoms with Crippen molar-refractivity contribution >= 4 is 6.29 Å². The summed E-state index contributed by atoms with van der Waals surface area (Å²) in [5, 5.41) is 10.0. The Morgan fingerprint density at radius 2 is 2.25 bits per heavy atom. The maximum atomic E-state index is 11.2. The van der Waals surface area contributed by atoms with Crippen molar-refractivity contribution in [2.45, 2.75) is 51.3 Å². The molecule has 3 rings (SSSR count). The van der Waals surface area contributed by atoms with E-state index in [0.29, 0.717) is 18.5 Å². The molecule has 1 aromatic carbocycles. The highest BCUT2D eigenvalue weighted by Crippen LogP contribution is 2.36. The molecule has 0 saturated carbocycles. The summed E-state index contributed by atoms with van der Waals surface area (Å²) in [5.41, 5.74) is 2.65. The van der Waals surface area contributed by atoms with Gasteiger partial charge in [0.05, 0.1) is 13.2 Å². The lowest BCUT2D eigenvalue weighted by Crippen LogP contribution is -2.36. The Balaban J connectivity index is 1.65. The van der Waals surface area contributed by atoms with Gasteiger partial charge in [0, 0.05) is 31.8 Å². The lowest BCUT2D eigenvalue weighted by molar-refractivity contribution is -0.109. The SMILES string of the molecule is C/C=C\C=C/N(CCC1CC(c2ccc3c(c2)CCO3)CN1CC=O)C(C)O. The number of benzene rings is 1. The molecule has 5 heteroatoms. The first-order chi connectivity index (χ1) is 13.6. The number of hydrogen-bond acceptors (Lipinski definition) is 5. The number of carbonyl (C=O) groups is 1. The molecule has 152 valence electrons. The van der Waals surface area contributed by atoms with Gasteiger partial charge in [0.25, 0.3) is 0 Å². The van der Waals surface area contributed by atoms with E-state index < -0.39 is 6.23 Å². The molecule has 0 radical (unpaired) electrons. The van der Waals surface area contributed by atoms with Crippen LogP contribution in [0.3, 0.4) is 0 Å². The molecule has 0 aliphatic carbocycles. The number of fused-ring (bicyclic) bond motifs is 1. The number of aliphatic hydroxyl groups is 1. The largest absolute Gasteiger partial charge is 0.493 e. The lowest BCUT2D eigenvalue weighted by atomic mass is 9.93. The first-order valence-electron chi connectivity index (χ1n) is 10.3. The van der Waals surface area contributed by atoms with Crippen molar-refractivity contribution in [2.24, 2.45) is 0 Å². The van der Waals surface area contributed by atoms with Crippen molar-refractivity contribution in [1.29, 1.82) is 0 Å². The maximum absolute atomic E-state index is 11.2. The number of allylic oxidation sites excluding steroid dienone is 3. The standard InChI is InChI=1S/C23H32N2O3/c1-3-4-5-10-24(18(2)27)11-8-22-16-21(17-25(22)12-13-26)19-6-7-23-20(15-19)9-14-28-23/h3-7,10,13,15,18,21-22,27H,8-9,11-12,14,16-17H2,1-2H3/b4-3-,10-5-. The summed E-state index contributed by atoms with van der Waals surface area (Å²) in [5.74, 6) is 1.46. The van der Waals surface area contributed by atoms with Crippen LogP contribution in [0.2, 0.25) is 0 Å². The first kappa shape index (κ1) is 20.6. The van der Waals surface area contributed by atoms with E-state index in [9.17, 15) is 9.90 Å². The number of aldehydes is 1. The Hall–Kier alpha value is -2.11. The van der Waals surface area contributed by atoms with Gasteiger partial charge in [-0.2, -0.15) is 0 Å². The number of ether oxygens (including phenoxy) is 1. The summed E-state index contributed by atoms with van der Waals surface area (Å²) in [7, 11) is 0. The van der Waals surface area contributed by atoms with E-state index in [4.69, 9.17) is 4.74 Å². The second-order valence-electron chi connectivity index (χ2n) is 7.70. The monoisotopic (exact) mass is 384 g/mol. The van der Waals surface area contributed by atoms with Crippen LogP contribution in [-0.4, -0.2) is 59.7 Å². The van der Waals surface area contributed by atoms with Crippen LogP contribution in [-0.2, 0) is 11.2 Å². The van der Waals surface area contributed by atoms with Gasteiger partial charge in [0.15, 0.2) is 0 Å². The third-order valence-electron chi connectivity index (χ3n) is 5.80. The number of aliphatic hydroxyl groups excluding tert-OH is 1. The summed E-state index contributed by atoms with van der Waals surface area (Å²) >= 11 is 0. The first-order valence-corrected chi connectivity index (χ1v) is 10.3.